The predicted octanol–water partition coefficient (Wildman–Crippen LogP) is 3.66. The van der Waals surface area contributed by atoms with E-state index in [1.54, 1.807) is 17.4 Å². The summed E-state index contributed by atoms with van der Waals surface area (Å²) in [5, 5.41) is 5.41. The molecule has 0 fully saturated rings. The van der Waals surface area contributed by atoms with Gasteiger partial charge in [0.05, 0.1) is 17.7 Å². The Morgan fingerprint density at radius 1 is 1.38 bits per heavy atom. The summed E-state index contributed by atoms with van der Waals surface area (Å²) in [7, 11) is 2.01. The smallest absolute Gasteiger partial charge is 0.123 e. The van der Waals surface area contributed by atoms with Gasteiger partial charge < -0.3 is 10.2 Å². The highest BCUT2D eigenvalue weighted by Crippen LogP contribution is 2.22. The van der Waals surface area contributed by atoms with E-state index in [-0.39, 0.29) is 5.82 Å². The van der Waals surface area contributed by atoms with Crippen LogP contribution >= 0.6 is 11.3 Å². The third-order valence-electron chi connectivity index (χ3n) is 3.20. The number of thiazole rings is 1. The van der Waals surface area contributed by atoms with Gasteiger partial charge in [0.1, 0.15) is 5.82 Å². The van der Waals surface area contributed by atoms with E-state index in [9.17, 15) is 4.39 Å². The Kier molecular flexibility index (Phi) is 5.70. The van der Waals surface area contributed by atoms with E-state index in [2.05, 4.69) is 29.0 Å². The van der Waals surface area contributed by atoms with Gasteiger partial charge in [-0.2, -0.15) is 0 Å². The van der Waals surface area contributed by atoms with Gasteiger partial charge in [0.25, 0.3) is 0 Å². The van der Waals surface area contributed by atoms with E-state index in [0.717, 1.165) is 30.0 Å². The zero-order valence-corrected chi connectivity index (χ0v) is 13.6. The minimum absolute atomic E-state index is 0.192. The molecule has 2 aromatic rings. The second-order valence-corrected chi connectivity index (χ2v) is 6.35. The average Bonchev–Trinajstić information content (AvgIpc) is 2.91. The van der Waals surface area contributed by atoms with Crippen molar-refractivity contribution in [2.24, 2.45) is 5.92 Å². The van der Waals surface area contributed by atoms with Crippen LogP contribution in [0.4, 0.5) is 10.1 Å². The van der Waals surface area contributed by atoms with Gasteiger partial charge >= 0.3 is 0 Å². The molecule has 21 heavy (non-hydrogen) atoms. The summed E-state index contributed by atoms with van der Waals surface area (Å²) in [4.78, 5) is 6.41. The molecule has 0 bridgehead atoms. The second-order valence-electron chi connectivity index (χ2n) is 5.63. The Labute approximate surface area is 129 Å². The van der Waals surface area contributed by atoms with Crippen LogP contribution < -0.4 is 10.2 Å². The number of nitrogens with zero attached hydrogens (tertiary/aromatic N) is 2. The van der Waals surface area contributed by atoms with E-state index >= 15 is 0 Å². The molecule has 0 aliphatic heterocycles. The molecular formula is C16H22FN3S. The van der Waals surface area contributed by atoms with E-state index in [1.165, 1.54) is 6.07 Å². The quantitative estimate of drug-likeness (QED) is 0.846. The first kappa shape index (κ1) is 15.9. The molecule has 0 saturated heterocycles. The molecule has 0 saturated carbocycles. The molecule has 3 nitrogen and oxygen atoms in total. The van der Waals surface area contributed by atoms with Gasteiger partial charge in [-0.3, -0.25) is 0 Å². The normalized spacial score (nSPS) is 11.1. The maximum absolute atomic E-state index is 13.5. The fourth-order valence-corrected chi connectivity index (χ4v) is 2.76. The van der Waals surface area contributed by atoms with Crippen molar-refractivity contribution in [2.75, 3.05) is 18.5 Å². The second kappa shape index (κ2) is 7.52. The van der Waals surface area contributed by atoms with Crippen molar-refractivity contribution in [1.82, 2.24) is 10.3 Å². The molecule has 0 amide bonds. The van der Waals surface area contributed by atoms with Crippen LogP contribution in [-0.2, 0) is 13.1 Å². The van der Waals surface area contributed by atoms with Crippen LogP contribution in [-0.4, -0.2) is 18.6 Å². The van der Waals surface area contributed by atoms with Gasteiger partial charge in [-0.1, -0.05) is 13.8 Å². The zero-order chi connectivity index (χ0) is 15.2. The van der Waals surface area contributed by atoms with Crippen LogP contribution in [0.5, 0.6) is 0 Å². The Morgan fingerprint density at radius 3 is 2.86 bits per heavy atom. The lowest BCUT2D eigenvalue weighted by Gasteiger charge is -2.22. The van der Waals surface area contributed by atoms with Gasteiger partial charge in [0.15, 0.2) is 0 Å². The Morgan fingerprint density at radius 2 is 2.19 bits per heavy atom. The minimum Gasteiger partial charge on any atom is -0.368 e. The van der Waals surface area contributed by atoms with Crippen molar-refractivity contribution in [3.05, 3.63) is 46.2 Å². The topological polar surface area (TPSA) is 28.2 Å². The molecule has 0 unspecified atom stereocenters. The fourth-order valence-electron chi connectivity index (χ4n) is 2.21. The van der Waals surface area contributed by atoms with Gasteiger partial charge in [0.2, 0.25) is 0 Å². The number of nitrogens with one attached hydrogen (secondary N) is 1. The van der Waals surface area contributed by atoms with E-state index < -0.39 is 0 Å². The summed E-state index contributed by atoms with van der Waals surface area (Å²) in [6.45, 7) is 6.65. The first-order valence-electron chi connectivity index (χ1n) is 7.13. The van der Waals surface area contributed by atoms with Gasteiger partial charge in [-0.05, 0) is 36.2 Å². The monoisotopic (exact) mass is 307 g/mol. The largest absolute Gasteiger partial charge is 0.368 e. The maximum Gasteiger partial charge on any atom is 0.123 e. The molecule has 1 aromatic carbocycles. The third-order valence-corrected chi connectivity index (χ3v) is 3.84. The number of halogens is 1. The molecule has 2 rings (SSSR count). The van der Waals surface area contributed by atoms with E-state index in [1.807, 2.05) is 24.0 Å². The van der Waals surface area contributed by atoms with Crippen molar-refractivity contribution in [2.45, 2.75) is 26.9 Å². The SMILES string of the molecule is CC(C)CNCc1cc(F)ccc1N(C)Cc1cscn1. The molecule has 0 aliphatic carbocycles. The highest BCUT2D eigenvalue weighted by atomic mass is 32.1. The molecule has 0 spiro atoms. The maximum atomic E-state index is 13.5. The van der Waals surface area contributed by atoms with Crippen LogP contribution in [0.1, 0.15) is 25.1 Å². The predicted molar refractivity (Wildman–Crippen MR) is 87.2 cm³/mol. The number of benzene rings is 1. The number of aromatic nitrogens is 1. The van der Waals surface area contributed by atoms with E-state index in [0.29, 0.717) is 12.5 Å². The molecule has 1 aromatic heterocycles. The van der Waals surface area contributed by atoms with Crippen molar-refractivity contribution in [1.29, 1.82) is 0 Å². The Balaban J connectivity index is 2.09. The minimum atomic E-state index is -0.192. The van der Waals surface area contributed by atoms with Crippen molar-refractivity contribution in [3.63, 3.8) is 0 Å². The lowest BCUT2D eigenvalue weighted by molar-refractivity contribution is 0.549. The van der Waals surface area contributed by atoms with Crippen molar-refractivity contribution < 1.29 is 4.39 Å². The van der Waals surface area contributed by atoms with Crippen LogP contribution in [0.2, 0.25) is 0 Å². The highest BCUT2D eigenvalue weighted by Gasteiger charge is 2.10. The molecule has 5 heteroatoms. The van der Waals surface area contributed by atoms with E-state index in [4.69, 9.17) is 0 Å². The van der Waals surface area contributed by atoms with Crippen LogP contribution in [0.3, 0.4) is 0 Å². The summed E-state index contributed by atoms with van der Waals surface area (Å²) >= 11 is 1.59. The van der Waals surface area contributed by atoms with Crippen LogP contribution in [0, 0.1) is 11.7 Å². The third kappa shape index (κ3) is 4.79. The molecular weight excluding hydrogens is 285 g/mol. The summed E-state index contributed by atoms with van der Waals surface area (Å²) < 4.78 is 13.5. The number of rotatable bonds is 7. The first-order valence-corrected chi connectivity index (χ1v) is 8.08. The number of hydrogen-bond donors (Lipinski definition) is 1. The summed E-state index contributed by atoms with van der Waals surface area (Å²) in [5.74, 6) is 0.386. The van der Waals surface area contributed by atoms with Crippen molar-refractivity contribution in [3.8, 4) is 0 Å². The number of hydrogen-bond acceptors (Lipinski definition) is 4. The lowest BCUT2D eigenvalue weighted by Crippen LogP contribution is -2.23. The van der Waals surface area contributed by atoms with Crippen LogP contribution in [0.15, 0.2) is 29.1 Å². The van der Waals surface area contributed by atoms with Gasteiger partial charge in [0, 0.05) is 24.7 Å². The summed E-state index contributed by atoms with van der Waals surface area (Å²) in [6.07, 6.45) is 0. The van der Waals surface area contributed by atoms with Crippen molar-refractivity contribution >= 4 is 17.0 Å². The highest BCUT2D eigenvalue weighted by molar-refractivity contribution is 7.07. The Bertz CT molecular complexity index is 555. The van der Waals surface area contributed by atoms with Gasteiger partial charge in [-0.25, -0.2) is 9.37 Å². The molecule has 0 radical (unpaired) electrons. The average molecular weight is 307 g/mol. The molecule has 0 aliphatic rings. The summed E-state index contributed by atoms with van der Waals surface area (Å²) in [5.41, 5.74) is 4.89. The summed E-state index contributed by atoms with van der Waals surface area (Å²) in [6, 6.07) is 4.97. The fraction of sp³-hybridized carbons (Fsp3) is 0.438. The lowest BCUT2D eigenvalue weighted by atomic mass is 10.1. The number of anilines is 1. The molecule has 114 valence electrons. The zero-order valence-electron chi connectivity index (χ0n) is 12.8. The molecule has 0 atom stereocenters. The van der Waals surface area contributed by atoms with Gasteiger partial charge in [-0.15, -0.1) is 11.3 Å². The Hall–Kier alpha value is -1.46. The molecule has 1 heterocycles. The first-order chi connectivity index (χ1) is 10.1. The van der Waals surface area contributed by atoms with Crippen LogP contribution in [0.25, 0.3) is 0 Å². The standard InChI is InChI=1S/C16H22FN3S/c1-12(2)7-18-8-13-6-14(17)4-5-16(13)20(3)9-15-10-21-11-19-15/h4-6,10-12,18H,7-9H2,1-3H3. The molecule has 1 N–H and O–H groups in total.